The van der Waals surface area contributed by atoms with Gasteiger partial charge in [0.25, 0.3) is 0 Å². The number of methoxy groups -OCH3 is 2. The maximum atomic E-state index is 13.0. The molecule has 1 aliphatic rings. The minimum absolute atomic E-state index is 0.221. The molecule has 0 atom stereocenters. The summed E-state index contributed by atoms with van der Waals surface area (Å²) in [6, 6.07) is 4.70. The molecule has 154 valence electrons. The lowest BCUT2D eigenvalue weighted by Crippen LogP contribution is -2.48. The molecule has 0 bridgehead atoms. The number of ether oxygens (including phenoxy) is 2. The van der Waals surface area contributed by atoms with Crippen molar-refractivity contribution in [1.29, 1.82) is 0 Å². The summed E-state index contributed by atoms with van der Waals surface area (Å²) in [6.45, 7) is 8.06. The molecule has 1 aromatic carbocycles. The minimum Gasteiger partial charge on any atom is -0.493 e. The Labute approximate surface area is 166 Å². The van der Waals surface area contributed by atoms with E-state index in [0.29, 0.717) is 37.7 Å². The van der Waals surface area contributed by atoms with Gasteiger partial charge in [0.15, 0.2) is 11.5 Å². The molecule has 3 rings (SSSR count). The molecule has 1 saturated heterocycles. The van der Waals surface area contributed by atoms with Gasteiger partial charge in [-0.25, -0.2) is 8.42 Å². The van der Waals surface area contributed by atoms with Gasteiger partial charge >= 0.3 is 0 Å². The summed E-state index contributed by atoms with van der Waals surface area (Å²) in [6.07, 6.45) is 1.91. The second-order valence-electron chi connectivity index (χ2n) is 6.77. The standard InChI is InChI=1S/C19H28N4O4S/c1-5-23-15(2)16(13-20-23)14-21-8-10-22(11-9-21)28(24,25)17-6-7-18(26-3)19(12-17)27-4/h6-7,12-13H,5,8-11,14H2,1-4H3. The molecule has 2 aromatic rings. The van der Waals surface area contributed by atoms with E-state index >= 15 is 0 Å². The predicted octanol–water partition coefficient (Wildman–Crippen LogP) is 1.74. The number of piperazine rings is 1. The van der Waals surface area contributed by atoms with E-state index in [-0.39, 0.29) is 4.90 Å². The van der Waals surface area contributed by atoms with Gasteiger partial charge in [-0.05, 0) is 26.0 Å². The van der Waals surface area contributed by atoms with E-state index < -0.39 is 10.0 Å². The summed E-state index contributed by atoms with van der Waals surface area (Å²) >= 11 is 0. The lowest BCUT2D eigenvalue weighted by Gasteiger charge is -2.34. The molecule has 0 spiro atoms. The number of aromatic nitrogens is 2. The Balaban J connectivity index is 1.67. The number of benzene rings is 1. The van der Waals surface area contributed by atoms with Gasteiger partial charge in [-0.3, -0.25) is 9.58 Å². The van der Waals surface area contributed by atoms with E-state index in [1.165, 1.54) is 35.8 Å². The summed E-state index contributed by atoms with van der Waals surface area (Å²) in [5, 5.41) is 4.39. The lowest BCUT2D eigenvalue weighted by atomic mass is 10.2. The number of sulfonamides is 1. The molecule has 0 amide bonds. The van der Waals surface area contributed by atoms with Crippen molar-refractivity contribution in [2.45, 2.75) is 31.8 Å². The van der Waals surface area contributed by atoms with Crippen molar-refractivity contribution in [1.82, 2.24) is 19.0 Å². The van der Waals surface area contributed by atoms with Crippen molar-refractivity contribution in [3.63, 3.8) is 0 Å². The van der Waals surface area contributed by atoms with Crippen LogP contribution in [0, 0.1) is 6.92 Å². The number of hydrogen-bond donors (Lipinski definition) is 0. The number of aryl methyl sites for hydroxylation is 1. The van der Waals surface area contributed by atoms with E-state index in [9.17, 15) is 8.42 Å². The fraction of sp³-hybridized carbons (Fsp3) is 0.526. The van der Waals surface area contributed by atoms with Crippen LogP contribution in [0.3, 0.4) is 0 Å². The van der Waals surface area contributed by atoms with Crippen molar-refractivity contribution in [3.8, 4) is 11.5 Å². The highest BCUT2D eigenvalue weighted by Gasteiger charge is 2.29. The topological polar surface area (TPSA) is 76.9 Å². The second-order valence-corrected chi connectivity index (χ2v) is 8.71. The number of hydrogen-bond acceptors (Lipinski definition) is 6. The zero-order chi connectivity index (χ0) is 20.3. The molecule has 9 heteroatoms. The van der Waals surface area contributed by atoms with Gasteiger partial charge in [0.1, 0.15) is 0 Å². The first kappa shape index (κ1) is 20.6. The molecule has 0 saturated carbocycles. The summed E-state index contributed by atoms with van der Waals surface area (Å²) in [5.74, 6) is 0.917. The van der Waals surface area contributed by atoms with Crippen molar-refractivity contribution in [2.24, 2.45) is 0 Å². The van der Waals surface area contributed by atoms with Crippen LogP contribution >= 0.6 is 0 Å². The highest BCUT2D eigenvalue weighted by atomic mass is 32.2. The predicted molar refractivity (Wildman–Crippen MR) is 106 cm³/mol. The average Bonchev–Trinajstić information content (AvgIpc) is 3.07. The maximum absolute atomic E-state index is 13.0. The minimum atomic E-state index is -3.57. The smallest absolute Gasteiger partial charge is 0.243 e. The molecule has 0 unspecified atom stereocenters. The Morgan fingerprint density at radius 2 is 1.75 bits per heavy atom. The van der Waals surface area contributed by atoms with Crippen LogP contribution in [0.15, 0.2) is 29.3 Å². The van der Waals surface area contributed by atoms with Gasteiger partial charge < -0.3 is 9.47 Å². The Morgan fingerprint density at radius 3 is 2.32 bits per heavy atom. The van der Waals surface area contributed by atoms with Gasteiger partial charge in [-0.1, -0.05) is 0 Å². The molecule has 1 fully saturated rings. The van der Waals surface area contributed by atoms with Crippen molar-refractivity contribution in [2.75, 3.05) is 40.4 Å². The number of rotatable bonds is 7. The highest BCUT2D eigenvalue weighted by molar-refractivity contribution is 7.89. The first-order valence-corrected chi connectivity index (χ1v) is 10.8. The van der Waals surface area contributed by atoms with Gasteiger partial charge in [0.05, 0.1) is 25.3 Å². The largest absolute Gasteiger partial charge is 0.493 e. The van der Waals surface area contributed by atoms with Crippen LogP contribution in [0.25, 0.3) is 0 Å². The summed E-state index contributed by atoms with van der Waals surface area (Å²) in [5.41, 5.74) is 2.36. The molecule has 0 aliphatic carbocycles. The zero-order valence-electron chi connectivity index (χ0n) is 16.9. The molecule has 1 aliphatic heterocycles. The molecule has 8 nitrogen and oxygen atoms in total. The first-order chi connectivity index (χ1) is 13.4. The SMILES string of the molecule is CCn1ncc(CN2CCN(S(=O)(=O)c3ccc(OC)c(OC)c3)CC2)c1C. The quantitative estimate of drug-likeness (QED) is 0.695. The molecular formula is C19H28N4O4S. The molecular weight excluding hydrogens is 380 g/mol. The van der Waals surface area contributed by atoms with Crippen LogP contribution in [0.5, 0.6) is 11.5 Å². The normalized spacial score (nSPS) is 16.3. The van der Waals surface area contributed by atoms with Crippen LogP contribution in [-0.2, 0) is 23.1 Å². The summed E-state index contributed by atoms with van der Waals surface area (Å²) in [4.78, 5) is 2.49. The Bertz CT molecular complexity index is 918. The Kier molecular flexibility index (Phi) is 6.26. The molecule has 1 aromatic heterocycles. The maximum Gasteiger partial charge on any atom is 0.243 e. The molecule has 0 N–H and O–H groups in total. The zero-order valence-corrected chi connectivity index (χ0v) is 17.7. The van der Waals surface area contributed by atoms with Crippen LogP contribution in [0.2, 0.25) is 0 Å². The van der Waals surface area contributed by atoms with Crippen LogP contribution < -0.4 is 9.47 Å². The average molecular weight is 409 g/mol. The molecule has 28 heavy (non-hydrogen) atoms. The van der Waals surface area contributed by atoms with Gasteiger partial charge in [-0.15, -0.1) is 0 Å². The van der Waals surface area contributed by atoms with Crippen molar-refractivity contribution < 1.29 is 17.9 Å². The molecule has 2 heterocycles. The third-order valence-electron chi connectivity index (χ3n) is 5.22. The first-order valence-electron chi connectivity index (χ1n) is 9.36. The van der Waals surface area contributed by atoms with E-state index in [0.717, 1.165) is 13.1 Å². The Hall–Kier alpha value is -2.10. The van der Waals surface area contributed by atoms with Crippen LogP contribution in [0.4, 0.5) is 0 Å². The highest BCUT2D eigenvalue weighted by Crippen LogP contribution is 2.31. The molecule has 0 radical (unpaired) electrons. The van der Waals surface area contributed by atoms with E-state index in [1.807, 2.05) is 10.9 Å². The number of nitrogens with zero attached hydrogens (tertiary/aromatic N) is 4. The fourth-order valence-electron chi connectivity index (χ4n) is 3.45. The van der Waals surface area contributed by atoms with Crippen molar-refractivity contribution in [3.05, 3.63) is 35.7 Å². The summed E-state index contributed by atoms with van der Waals surface area (Å²) < 4.78 is 40.0. The third kappa shape index (κ3) is 4.01. The van der Waals surface area contributed by atoms with Gasteiger partial charge in [-0.2, -0.15) is 9.40 Å². The summed E-state index contributed by atoms with van der Waals surface area (Å²) in [7, 11) is -0.549. The van der Waals surface area contributed by atoms with E-state index in [4.69, 9.17) is 9.47 Å². The fourth-order valence-corrected chi connectivity index (χ4v) is 4.89. The Morgan fingerprint density at radius 1 is 1.07 bits per heavy atom. The second kappa shape index (κ2) is 8.50. The monoisotopic (exact) mass is 408 g/mol. The third-order valence-corrected chi connectivity index (χ3v) is 7.12. The van der Waals surface area contributed by atoms with Gasteiger partial charge in [0, 0.05) is 56.6 Å². The van der Waals surface area contributed by atoms with Crippen LogP contribution in [-0.4, -0.2) is 67.8 Å². The van der Waals surface area contributed by atoms with Crippen LogP contribution in [0.1, 0.15) is 18.2 Å². The van der Waals surface area contributed by atoms with Crippen molar-refractivity contribution >= 4 is 10.0 Å². The van der Waals surface area contributed by atoms with E-state index in [1.54, 1.807) is 12.1 Å². The van der Waals surface area contributed by atoms with E-state index in [2.05, 4.69) is 23.8 Å². The van der Waals surface area contributed by atoms with Gasteiger partial charge in [0.2, 0.25) is 10.0 Å². The lowest BCUT2D eigenvalue weighted by molar-refractivity contribution is 0.181.